The molecule has 0 spiro atoms. The Kier molecular flexibility index (Phi) is 4.20. The number of hydrogen-bond donors (Lipinski definition) is 0. The van der Waals surface area contributed by atoms with Gasteiger partial charge in [0.05, 0.1) is 11.8 Å². The van der Waals surface area contributed by atoms with Crippen LogP contribution < -0.4 is 0 Å². The molecule has 0 bridgehead atoms. The summed E-state index contributed by atoms with van der Waals surface area (Å²) in [5.41, 5.74) is -0.427. The first-order valence-corrected chi connectivity index (χ1v) is 6.62. The molecule has 0 aliphatic carbocycles. The number of hydrogen-bond acceptors (Lipinski definition) is 2. The maximum Gasteiger partial charge on any atom is 0.417 e. The molecule has 0 radical (unpaired) electrons. The lowest BCUT2D eigenvalue weighted by atomic mass is 10.1. The van der Waals surface area contributed by atoms with E-state index in [1.165, 1.54) is 18.3 Å². The standard InChI is InChI=1S/C12H8BrClF3NO/c13-9-2-1-7(5-8(9)12(15,16)17)10-6-18-11(19-10)3-4-14/h1-2,5-6H,3-4H2. The first kappa shape index (κ1) is 14.4. The van der Waals surface area contributed by atoms with Gasteiger partial charge in [0.15, 0.2) is 11.7 Å². The lowest BCUT2D eigenvalue weighted by Crippen LogP contribution is -2.06. The number of aryl methyl sites for hydroxylation is 1. The monoisotopic (exact) mass is 353 g/mol. The second kappa shape index (κ2) is 5.54. The summed E-state index contributed by atoms with van der Waals surface area (Å²) in [7, 11) is 0. The Morgan fingerprint density at radius 2 is 2.05 bits per heavy atom. The molecule has 0 fully saturated rings. The summed E-state index contributed by atoms with van der Waals surface area (Å²) < 4.78 is 43.7. The molecule has 2 nitrogen and oxygen atoms in total. The third-order valence-corrected chi connectivity index (χ3v) is 3.30. The van der Waals surface area contributed by atoms with Gasteiger partial charge >= 0.3 is 6.18 Å². The van der Waals surface area contributed by atoms with E-state index in [-0.39, 0.29) is 10.2 Å². The highest BCUT2D eigenvalue weighted by atomic mass is 79.9. The minimum absolute atomic E-state index is 0.00996. The van der Waals surface area contributed by atoms with E-state index in [0.717, 1.165) is 6.07 Å². The molecular weight excluding hydrogens is 346 g/mol. The van der Waals surface area contributed by atoms with Crippen LogP contribution in [0.5, 0.6) is 0 Å². The minimum atomic E-state index is -4.42. The molecule has 1 aromatic heterocycles. The topological polar surface area (TPSA) is 26.0 Å². The molecule has 2 aromatic rings. The lowest BCUT2D eigenvalue weighted by molar-refractivity contribution is -0.138. The van der Waals surface area contributed by atoms with Crippen molar-refractivity contribution in [3.63, 3.8) is 0 Å². The Hall–Kier alpha value is -1.01. The first-order chi connectivity index (χ1) is 8.91. The van der Waals surface area contributed by atoms with Crippen molar-refractivity contribution in [3.05, 3.63) is 40.3 Å². The summed E-state index contributed by atoms with van der Waals surface area (Å²) in [6.45, 7) is 0. The van der Waals surface area contributed by atoms with Crippen LogP contribution in [-0.2, 0) is 12.6 Å². The van der Waals surface area contributed by atoms with Gasteiger partial charge in [0, 0.05) is 22.3 Å². The van der Waals surface area contributed by atoms with Gasteiger partial charge in [-0.1, -0.05) is 22.0 Å². The molecule has 0 amide bonds. The van der Waals surface area contributed by atoms with Crippen molar-refractivity contribution in [2.45, 2.75) is 12.6 Å². The van der Waals surface area contributed by atoms with Crippen LogP contribution in [0.25, 0.3) is 11.3 Å². The van der Waals surface area contributed by atoms with Gasteiger partial charge in [-0.3, -0.25) is 0 Å². The average molecular weight is 355 g/mol. The highest BCUT2D eigenvalue weighted by Crippen LogP contribution is 2.37. The second-order valence-corrected chi connectivity index (χ2v) is 4.98. The van der Waals surface area contributed by atoms with Crippen LogP contribution in [0.4, 0.5) is 13.2 Å². The lowest BCUT2D eigenvalue weighted by Gasteiger charge is -2.09. The number of rotatable bonds is 3. The molecule has 1 heterocycles. The molecule has 1 aromatic carbocycles. The Labute approximate surface area is 120 Å². The number of oxazole rings is 1. The molecule has 19 heavy (non-hydrogen) atoms. The summed E-state index contributed by atoms with van der Waals surface area (Å²) >= 11 is 8.43. The van der Waals surface area contributed by atoms with Crippen LogP contribution in [0.3, 0.4) is 0 Å². The molecule has 0 saturated heterocycles. The van der Waals surface area contributed by atoms with Crippen LogP contribution in [0.15, 0.2) is 33.3 Å². The van der Waals surface area contributed by atoms with Crippen LogP contribution >= 0.6 is 27.5 Å². The molecule has 0 unspecified atom stereocenters. The predicted molar refractivity (Wildman–Crippen MR) is 69.1 cm³/mol. The molecule has 0 aliphatic heterocycles. The maximum atomic E-state index is 12.8. The Balaban J connectivity index is 2.39. The molecule has 2 rings (SSSR count). The average Bonchev–Trinajstić information content (AvgIpc) is 2.77. The normalized spacial score (nSPS) is 11.8. The van der Waals surface area contributed by atoms with E-state index in [0.29, 0.717) is 23.8 Å². The van der Waals surface area contributed by atoms with E-state index in [1.54, 1.807) is 0 Å². The minimum Gasteiger partial charge on any atom is -0.441 e. The van der Waals surface area contributed by atoms with E-state index in [9.17, 15) is 13.2 Å². The largest absolute Gasteiger partial charge is 0.441 e. The fraction of sp³-hybridized carbons (Fsp3) is 0.250. The van der Waals surface area contributed by atoms with Crippen molar-refractivity contribution < 1.29 is 17.6 Å². The number of aromatic nitrogens is 1. The van der Waals surface area contributed by atoms with Crippen molar-refractivity contribution >= 4 is 27.5 Å². The molecule has 7 heteroatoms. The summed E-state index contributed by atoms with van der Waals surface area (Å²) in [6, 6.07) is 3.89. The molecule has 0 atom stereocenters. The Morgan fingerprint density at radius 1 is 1.32 bits per heavy atom. The Bertz CT molecular complexity index is 583. The van der Waals surface area contributed by atoms with Gasteiger partial charge in [0.1, 0.15) is 0 Å². The van der Waals surface area contributed by atoms with E-state index < -0.39 is 11.7 Å². The van der Waals surface area contributed by atoms with Crippen molar-refractivity contribution in [2.75, 3.05) is 5.88 Å². The predicted octanol–water partition coefficient (Wildman–Crippen LogP) is 4.90. The van der Waals surface area contributed by atoms with Gasteiger partial charge in [-0.05, 0) is 12.1 Å². The van der Waals surface area contributed by atoms with Gasteiger partial charge in [0.2, 0.25) is 0 Å². The zero-order chi connectivity index (χ0) is 14.0. The summed E-state index contributed by atoms with van der Waals surface area (Å²) in [4.78, 5) is 3.95. The number of benzene rings is 1. The van der Waals surface area contributed by atoms with E-state index >= 15 is 0 Å². The summed E-state index contributed by atoms with van der Waals surface area (Å²) in [6.07, 6.45) is -2.59. The van der Waals surface area contributed by atoms with Gasteiger partial charge in [-0.25, -0.2) is 4.98 Å². The number of halogens is 5. The van der Waals surface area contributed by atoms with Crippen molar-refractivity contribution in [1.82, 2.24) is 4.98 Å². The van der Waals surface area contributed by atoms with Gasteiger partial charge in [-0.15, -0.1) is 11.6 Å². The second-order valence-electron chi connectivity index (χ2n) is 3.75. The van der Waals surface area contributed by atoms with Crippen molar-refractivity contribution in [1.29, 1.82) is 0 Å². The third kappa shape index (κ3) is 3.30. The molecule has 0 saturated carbocycles. The molecule has 0 N–H and O–H groups in total. The molecular formula is C12H8BrClF3NO. The smallest absolute Gasteiger partial charge is 0.417 e. The van der Waals surface area contributed by atoms with Crippen LogP contribution in [0, 0.1) is 0 Å². The van der Waals surface area contributed by atoms with Gasteiger partial charge < -0.3 is 4.42 Å². The van der Waals surface area contributed by atoms with Crippen molar-refractivity contribution in [3.8, 4) is 11.3 Å². The van der Waals surface area contributed by atoms with E-state index in [2.05, 4.69) is 20.9 Å². The SMILES string of the molecule is FC(F)(F)c1cc(-c2cnc(CCCl)o2)ccc1Br. The van der Waals surface area contributed by atoms with E-state index in [4.69, 9.17) is 16.0 Å². The first-order valence-electron chi connectivity index (χ1n) is 5.29. The van der Waals surface area contributed by atoms with Crippen LogP contribution in [-0.4, -0.2) is 10.9 Å². The Morgan fingerprint density at radius 3 is 2.68 bits per heavy atom. The van der Waals surface area contributed by atoms with Crippen LogP contribution in [0.2, 0.25) is 0 Å². The zero-order valence-corrected chi connectivity index (χ0v) is 11.8. The number of alkyl halides is 4. The fourth-order valence-electron chi connectivity index (χ4n) is 1.54. The quantitative estimate of drug-likeness (QED) is 0.732. The fourth-order valence-corrected chi connectivity index (χ4v) is 2.17. The number of nitrogens with zero attached hydrogens (tertiary/aromatic N) is 1. The highest BCUT2D eigenvalue weighted by molar-refractivity contribution is 9.10. The maximum absolute atomic E-state index is 12.8. The molecule has 102 valence electrons. The van der Waals surface area contributed by atoms with Gasteiger partial charge in [0.25, 0.3) is 0 Å². The van der Waals surface area contributed by atoms with Crippen LogP contribution in [0.1, 0.15) is 11.5 Å². The summed E-state index contributed by atoms with van der Waals surface area (Å²) in [5, 5.41) is 0. The highest BCUT2D eigenvalue weighted by Gasteiger charge is 2.33. The van der Waals surface area contributed by atoms with E-state index in [1.807, 2.05) is 0 Å². The summed E-state index contributed by atoms with van der Waals surface area (Å²) in [5.74, 6) is 1.04. The third-order valence-electron chi connectivity index (χ3n) is 2.42. The zero-order valence-electron chi connectivity index (χ0n) is 9.47. The van der Waals surface area contributed by atoms with Crippen molar-refractivity contribution in [2.24, 2.45) is 0 Å². The van der Waals surface area contributed by atoms with Gasteiger partial charge in [-0.2, -0.15) is 13.2 Å². The molecule has 0 aliphatic rings.